The zero-order chi connectivity index (χ0) is 9.90. The highest BCUT2D eigenvalue weighted by molar-refractivity contribution is 5.56. The van der Waals surface area contributed by atoms with Crippen molar-refractivity contribution < 1.29 is 5.11 Å². The lowest BCUT2D eigenvalue weighted by atomic mass is 10.1. The van der Waals surface area contributed by atoms with E-state index in [0.29, 0.717) is 5.70 Å². The van der Waals surface area contributed by atoms with Crippen LogP contribution < -0.4 is 0 Å². The highest BCUT2D eigenvalue weighted by atomic mass is 16.3. The SMILES string of the molecule is CC(C)(O)/C(=C\C#N)n1ccnc1. The first-order valence-corrected chi connectivity index (χ1v) is 3.86. The Morgan fingerprint density at radius 1 is 1.69 bits per heavy atom. The summed E-state index contributed by atoms with van der Waals surface area (Å²) in [6.07, 6.45) is 6.13. The Bertz CT molecular complexity index is 338. The van der Waals surface area contributed by atoms with Crippen molar-refractivity contribution >= 4 is 5.70 Å². The first kappa shape index (κ1) is 9.49. The second-order valence-electron chi connectivity index (χ2n) is 3.19. The Hall–Kier alpha value is -1.60. The molecule has 0 spiro atoms. The number of imidazole rings is 1. The summed E-state index contributed by atoms with van der Waals surface area (Å²) >= 11 is 0. The Balaban J connectivity index is 3.11. The number of aliphatic hydroxyl groups is 1. The minimum Gasteiger partial charge on any atom is -0.384 e. The molecular weight excluding hydrogens is 166 g/mol. The normalized spacial score (nSPS) is 12.6. The highest BCUT2D eigenvalue weighted by Gasteiger charge is 2.20. The maximum absolute atomic E-state index is 9.71. The molecule has 0 unspecified atom stereocenters. The van der Waals surface area contributed by atoms with E-state index in [1.807, 2.05) is 6.07 Å². The van der Waals surface area contributed by atoms with Crippen LogP contribution in [0.15, 0.2) is 24.8 Å². The van der Waals surface area contributed by atoms with E-state index in [1.165, 1.54) is 6.08 Å². The molecule has 13 heavy (non-hydrogen) atoms. The molecule has 4 nitrogen and oxygen atoms in total. The van der Waals surface area contributed by atoms with Crippen LogP contribution in [0, 0.1) is 11.3 Å². The van der Waals surface area contributed by atoms with Crippen LogP contribution in [0.5, 0.6) is 0 Å². The van der Waals surface area contributed by atoms with Crippen molar-refractivity contribution in [1.29, 1.82) is 5.26 Å². The van der Waals surface area contributed by atoms with Crippen LogP contribution in [0.1, 0.15) is 13.8 Å². The van der Waals surface area contributed by atoms with Crippen LogP contribution >= 0.6 is 0 Å². The minimum atomic E-state index is -1.05. The van der Waals surface area contributed by atoms with Crippen molar-refractivity contribution in [1.82, 2.24) is 9.55 Å². The number of hydrogen-bond acceptors (Lipinski definition) is 3. The molecule has 1 rings (SSSR count). The smallest absolute Gasteiger partial charge is 0.100 e. The van der Waals surface area contributed by atoms with Gasteiger partial charge in [-0.15, -0.1) is 0 Å². The van der Waals surface area contributed by atoms with E-state index in [0.717, 1.165) is 0 Å². The van der Waals surface area contributed by atoms with E-state index in [9.17, 15) is 5.11 Å². The maximum Gasteiger partial charge on any atom is 0.100 e. The third-order valence-corrected chi connectivity index (χ3v) is 1.61. The molecule has 1 heterocycles. The Morgan fingerprint density at radius 2 is 2.38 bits per heavy atom. The zero-order valence-electron chi connectivity index (χ0n) is 7.60. The van der Waals surface area contributed by atoms with Gasteiger partial charge in [0, 0.05) is 18.5 Å². The van der Waals surface area contributed by atoms with E-state index < -0.39 is 5.60 Å². The van der Waals surface area contributed by atoms with E-state index in [4.69, 9.17) is 5.26 Å². The summed E-state index contributed by atoms with van der Waals surface area (Å²) in [5, 5.41) is 18.2. The topological polar surface area (TPSA) is 61.8 Å². The summed E-state index contributed by atoms with van der Waals surface area (Å²) in [7, 11) is 0. The van der Waals surface area contributed by atoms with Crippen molar-refractivity contribution in [3.05, 3.63) is 24.8 Å². The molecule has 4 heteroatoms. The summed E-state index contributed by atoms with van der Waals surface area (Å²) in [4.78, 5) is 3.84. The summed E-state index contributed by atoms with van der Waals surface area (Å²) < 4.78 is 1.61. The van der Waals surface area contributed by atoms with E-state index in [1.54, 1.807) is 37.1 Å². The zero-order valence-corrected chi connectivity index (χ0v) is 7.60. The summed E-state index contributed by atoms with van der Waals surface area (Å²) in [6.45, 7) is 3.24. The Kier molecular flexibility index (Phi) is 2.49. The van der Waals surface area contributed by atoms with E-state index in [2.05, 4.69) is 4.98 Å². The molecule has 0 aliphatic heterocycles. The summed E-state index contributed by atoms with van der Waals surface area (Å²) in [5.41, 5.74) is -0.538. The number of aromatic nitrogens is 2. The van der Waals surface area contributed by atoms with Gasteiger partial charge in [-0.3, -0.25) is 0 Å². The third-order valence-electron chi connectivity index (χ3n) is 1.61. The van der Waals surface area contributed by atoms with Crippen LogP contribution in [-0.2, 0) is 0 Å². The van der Waals surface area contributed by atoms with Crippen molar-refractivity contribution in [3.63, 3.8) is 0 Å². The van der Waals surface area contributed by atoms with Gasteiger partial charge in [-0.05, 0) is 13.8 Å². The fraction of sp³-hybridized carbons (Fsp3) is 0.333. The van der Waals surface area contributed by atoms with Gasteiger partial charge in [0.05, 0.1) is 18.1 Å². The van der Waals surface area contributed by atoms with Gasteiger partial charge in [0.2, 0.25) is 0 Å². The average Bonchev–Trinajstić information content (AvgIpc) is 2.49. The summed E-state index contributed by atoms with van der Waals surface area (Å²) in [5.74, 6) is 0. The fourth-order valence-corrected chi connectivity index (χ4v) is 1.03. The van der Waals surface area contributed by atoms with E-state index in [-0.39, 0.29) is 0 Å². The molecule has 0 bridgehead atoms. The molecule has 1 aromatic rings. The van der Waals surface area contributed by atoms with Crippen LogP contribution in [0.4, 0.5) is 0 Å². The molecule has 68 valence electrons. The predicted octanol–water partition coefficient (Wildman–Crippen LogP) is 1.02. The highest BCUT2D eigenvalue weighted by Crippen LogP contribution is 2.19. The molecule has 0 amide bonds. The molecule has 0 aliphatic carbocycles. The number of hydrogen-bond donors (Lipinski definition) is 1. The Labute approximate surface area is 76.8 Å². The molecule has 0 saturated heterocycles. The van der Waals surface area contributed by atoms with Gasteiger partial charge in [-0.25, -0.2) is 4.98 Å². The maximum atomic E-state index is 9.71. The predicted molar refractivity (Wildman–Crippen MR) is 48.4 cm³/mol. The fourth-order valence-electron chi connectivity index (χ4n) is 1.03. The molecule has 0 fully saturated rings. The third kappa shape index (κ3) is 2.17. The Morgan fingerprint density at radius 3 is 2.77 bits per heavy atom. The largest absolute Gasteiger partial charge is 0.384 e. The van der Waals surface area contributed by atoms with Crippen LogP contribution in [0.3, 0.4) is 0 Å². The second kappa shape index (κ2) is 3.42. The van der Waals surface area contributed by atoms with Gasteiger partial charge in [-0.2, -0.15) is 5.26 Å². The van der Waals surface area contributed by atoms with Gasteiger partial charge in [-0.1, -0.05) is 0 Å². The van der Waals surface area contributed by atoms with Crippen LogP contribution in [-0.4, -0.2) is 20.3 Å². The molecule has 0 atom stereocenters. The van der Waals surface area contributed by atoms with Crippen LogP contribution in [0.2, 0.25) is 0 Å². The van der Waals surface area contributed by atoms with Gasteiger partial charge < -0.3 is 9.67 Å². The lowest BCUT2D eigenvalue weighted by Crippen LogP contribution is -2.24. The van der Waals surface area contributed by atoms with Crippen molar-refractivity contribution in [3.8, 4) is 6.07 Å². The second-order valence-corrected chi connectivity index (χ2v) is 3.19. The first-order valence-electron chi connectivity index (χ1n) is 3.86. The van der Waals surface area contributed by atoms with Gasteiger partial charge in [0.25, 0.3) is 0 Å². The standard InChI is InChI=1S/C9H11N3O/c1-9(2,13)8(3-4-10)12-6-5-11-7-12/h3,5-7,13H,1-2H3/b8-3+. The van der Waals surface area contributed by atoms with Crippen molar-refractivity contribution in [2.24, 2.45) is 0 Å². The first-order chi connectivity index (χ1) is 6.05. The molecule has 0 aliphatic rings. The summed E-state index contributed by atoms with van der Waals surface area (Å²) in [6, 6.07) is 1.89. The number of rotatable bonds is 2. The molecule has 0 aromatic carbocycles. The number of nitriles is 1. The minimum absolute atomic E-state index is 0.507. The van der Waals surface area contributed by atoms with Crippen LogP contribution in [0.25, 0.3) is 5.70 Å². The van der Waals surface area contributed by atoms with Gasteiger partial charge >= 0.3 is 0 Å². The lowest BCUT2D eigenvalue weighted by molar-refractivity contribution is 0.137. The molecule has 1 aromatic heterocycles. The number of nitrogens with zero attached hydrogens (tertiary/aromatic N) is 3. The molecule has 0 radical (unpaired) electrons. The molecule has 0 saturated carbocycles. The monoisotopic (exact) mass is 177 g/mol. The van der Waals surface area contributed by atoms with Gasteiger partial charge in [0.15, 0.2) is 0 Å². The molecular formula is C9H11N3O. The lowest BCUT2D eigenvalue weighted by Gasteiger charge is -2.21. The number of allylic oxidation sites excluding steroid dienone is 1. The van der Waals surface area contributed by atoms with Crippen molar-refractivity contribution in [2.75, 3.05) is 0 Å². The van der Waals surface area contributed by atoms with Crippen molar-refractivity contribution in [2.45, 2.75) is 19.4 Å². The van der Waals surface area contributed by atoms with Gasteiger partial charge in [0.1, 0.15) is 5.60 Å². The average molecular weight is 177 g/mol. The molecule has 1 N–H and O–H groups in total. The quantitative estimate of drug-likeness (QED) is 0.686. The van der Waals surface area contributed by atoms with E-state index >= 15 is 0 Å².